The van der Waals surface area contributed by atoms with Gasteiger partial charge in [0.05, 0.1) is 8.66 Å². The molecule has 2 N–H and O–H groups in total. The van der Waals surface area contributed by atoms with Crippen molar-refractivity contribution >= 4 is 27.3 Å². The van der Waals surface area contributed by atoms with Gasteiger partial charge in [0.15, 0.2) is 5.82 Å². The summed E-state index contributed by atoms with van der Waals surface area (Å²) in [6, 6.07) is 9.03. The van der Waals surface area contributed by atoms with Gasteiger partial charge in [-0.15, -0.1) is 11.3 Å². The Bertz CT molecular complexity index is 875. The molecule has 21 heavy (non-hydrogen) atoms. The van der Waals surface area contributed by atoms with Crippen LogP contribution >= 0.6 is 27.3 Å². The number of nitrogens with zero attached hydrogens (tertiary/aromatic N) is 1. The molecule has 106 valence electrons. The van der Waals surface area contributed by atoms with E-state index in [9.17, 15) is 14.3 Å². The first-order chi connectivity index (χ1) is 10.0. The first kappa shape index (κ1) is 14.0. The van der Waals surface area contributed by atoms with Gasteiger partial charge in [0, 0.05) is 0 Å². The lowest BCUT2D eigenvalue weighted by molar-refractivity contribution is 0.454. The van der Waals surface area contributed by atoms with E-state index in [4.69, 9.17) is 0 Å². The second kappa shape index (κ2) is 5.42. The van der Waals surface area contributed by atoms with Crippen molar-refractivity contribution in [2.45, 2.75) is 0 Å². The van der Waals surface area contributed by atoms with Crippen molar-refractivity contribution in [3.63, 3.8) is 0 Å². The van der Waals surface area contributed by atoms with Gasteiger partial charge in [-0.3, -0.25) is 4.79 Å². The molecule has 7 heteroatoms. The lowest BCUT2D eigenvalue weighted by Crippen LogP contribution is -2.11. The minimum atomic E-state index is -0.521. The van der Waals surface area contributed by atoms with E-state index < -0.39 is 17.3 Å². The molecule has 0 aliphatic rings. The van der Waals surface area contributed by atoms with Crippen molar-refractivity contribution in [1.29, 1.82) is 0 Å². The Hall–Kier alpha value is -1.99. The summed E-state index contributed by atoms with van der Waals surface area (Å²) in [5.41, 5.74) is -0.290. The van der Waals surface area contributed by atoms with E-state index >= 15 is 0 Å². The SMILES string of the molecule is O=c1[nH]c(-c2ccc(Br)s2)nc(O)c1-c1cccc(F)c1. The van der Waals surface area contributed by atoms with E-state index in [1.54, 1.807) is 6.07 Å². The van der Waals surface area contributed by atoms with Crippen LogP contribution in [-0.4, -0.2) is 15.1 Å². The van der Waals surface area contributed by atoms with Crippen molar-refractivity contribution in [2.75, 3.05) is 0 Å². The summed E-state index contributed by atoms with van der Waals surface area (Å²) in [6.45, 7) is 0. The predicted molar refractivity (Wildman–Crippen MR) is 82.9 cm³/mol. The monoisotopic (exact) mass is 366 g/mol. The van der Waals surface area contributed by atoms with Crippen LogP contribution in [0.5, 0.6) is 5.88 Å². The molecule has 1 aromatic carbocycles. The smallest absolute Gasteiger partial charge is 0.262 e. The molecular formula is C14H8BrFN2O2S. The summed E-state index contributed by atoms with van der Waals surface area (Å²) in [7, 11) is 0. The summed E-state index contributed by atoms with van der Waals surface area (Å²) < 4.78 is 14.1. The van der Waals surface area contributed by atoms with Crippen molar-refractivity contribution in [3.8, 4) is 27.7 Å². The van der Waals surface area contributed by atoms with Crippen LogP contribution in [0.4, 0.5) is 4.39 Å². The van der Waals surface area contributed by atoms with E-state index in [2.05, 4.69) is 25.9 Å². The van der Waals surface area contributed by atoms with Gasteiger partial charge >= 0.3 is 0 Å². The minimum absolute atomic E-state index is 0.0473. The number of aromatic amines is 1. The van der Waals surface area contributed by atoms with Gasteiger partial charge in [-0.1, -0.05) is 12.1 Å². The number of aromatic nitrogens is 2. The van der Waals surface area contributed by atoms with Gasteiger partial charge in [0.25, 0.3) is 5.56 Å². The number of thiophene rings is 1. The fraction of sp³-hybridized carbons (Fsp3) is 0. The van der Waals surface area contributed by atoms with Crippen LogP contribution in [0.1, 0.15) is 0 Å². The standard InChI is InChI=1S/C14H8BrFN2O2S/c15-10-5-4-9(21-10)12-17-13(19)11(14(20)18-12)7-2-1-3-8(16)6-7/h1-6H,(H2,17,18,19,20). The Morgan fingerprint density at radius 3 is 2.71 bits per heavy atom. The van der Waals surface area contributed by atoms with Crippen molar-refractivity contribution in [2.24, 2.45) is 0 Å². The number of rotatable bonds is 2. The van der Waals surface area contributed by atoms with Gasteiger partial charge in [-0.25, -0.2) is 4.39 Å². The summed E-state index contributed by atoms with van der Waals surface area (Å²) in [4.78, 5) is 19.5. The fourth-order valence-corrected chi connectivity index (χ4v) is 3.25. The Balaban J connectivity index is 2.15. The Morgan fingerprint density at radius 2 is 2.10 bits per heavy atom. The zero-order valence-electron chi connectivity index (χ0n) is 10.4. The number of hydrogen-bond acceptors (Lipinski definition) is 4. The maximum Gasteiger partial charge on any atom is 0.262 e. The fourth-order valence-electron chi connectivity index (χ4n) is 1.92. The number of benzene rings is 1. The molecule has 0 spiro atoms. The molecule has 0 atom stereocenters. The van der Waals surface area contributed by atoms with Crippen molar-refractivity contribution in [3.05, 3.63) is 56.4 Å². The molecule has 3 aromatic rings. The molecule has 0 fully saturated rings. The number of nitrogens with one attached hydrogen (secondary N) is 1. The number of H-pyrrole nitrogens is 1. The average molecular weight is 367 g/mol. The Morgan fingerprint density at radius 1 is 1.29 bits per heavy atom. The third-order valence-corrected chi connectivity index (χ3v) is 4.45. The molecule has 4 nitrogen and oxygen atoms in total. The van der Waals surface area contributed by atoms with Crippen LogP contribution in [0.3, 0.4) is 0 Å². The number of hydrogen-bond donors (Lipinski definition) is 2. The molecule has 0 radical (unpaired) electrons. The van der Waals surface area contributed by atoms with Crippen LogP contribution in [0.2, 0.25) is 0 Å². The molecule has 2 heterocycles. The van der Waals surface area contributed by atoms with Crippen LogP contribution < -0.4 is 5.56 Å². The molecule has 0 amide bonds. The highest BCUT2D eigenvalue weighted by Crippen LogP contribution is 2.31. The topological polar surface area (TPSA) is 66.0 Å². The molecule has 0 aliphatic carbocycles. The predicted octanol–water partition coefficient (Wildman–Crippen LogP) is 3.77. The quantitative estimate of drug-likeness (QED) is 0.725. The summed E-state index contributed by atoms with van der Waals surface area (Å²) in [6.07, 6.45) is 0. The van der Waals surface area contributed by atoms with Gasteiger partial charge in [0.1, 0.15) is 11.4 Å². The molecule has 0 unspecified atom stereocenters. The van der Waals surface area contributed by atoms with E-state index in [0.717, 1.165) is 3.79 Å². The zero-order chi connectivity index (χ0) is 15.0. The lowest BCUT2D eigenvalue weighted by atomic mass is 10.1. The zero-order valence-corrected chi connectivity index (χ0v) is 12.8. The summed E-state index contributed by atoms with van der Waals surface area (Å²) in [5.74, 6) is -0.644. The average Bonchev–Trinajstić information content (AvgIpc) is 2.85. The van der Waals surface area contributed by atoms with Gasteiger partial charge in [-0.2, -0.15) is 4.98 Å². The second-order valence-corrected chi connectivity index (χ2v) is 6.69. The highest BCUT2D eigenvalue weighted by atomic mass is 79.9. The molecular weight excluding hydrogens is 359 g/mol. The first-order valence-corrected chi connectivity index (χ1v) is 7.50. The first-order valence-electron chi connectivity index (χ1n) is 5.89. The third-order valence-electron chi connectivity index (χ3n) is 2.82. The highest BCUT2D eigenvalue weighted by Gasteiger charge is 2.15. The van der Waals surface area contributed by atoms with E-state index in [1.165, 1.54) is 35.6 Å². The number of aromatic hydroxyl groups is 1. The van der Waals surface area contributed by atoms with E-state index in [0.29, 0.717) is 4.88 Å². The van der Waals surface area contributed by atoms with Crippen molar-refractivity contribution in [1.82, 2.24) is 9.97 Å². The summed E-state index contributed by atoms with van der Waals surface area (Å²) in [5, 5.41) is 10.0. The minimum Gasteiger partial charge on any atom is -0.493 e. The number of halogens is 2. The molecule has 0 saturated carbocycles. The molecule has 0 bridgehead atoms. The molecule has 0 saturated heterocycles. The molecule has 2 aromatic heterocycles. The van der Waals surface area contributed by atoms with Gasteiger partial charge < -0.3 is 10.1 Å². The van der Waals surface area contributed by atoms with E-state index in [-0.39, 0.29) is 17.0 Å². The molecule has 0 aliphatic heterocycles. The normalized spacial score (nSPS) is 10.8. The van der Waals surface area contributed by atoms with Crippen LogP contribution in [0, 0.1) is 5.82 Å². The maximum atomic E-state index is 13.2. The Labute approximate surface area is 131 Å². The molecule has 3 rings (SSSR count). The Kier molecular flexibility index (Phi) is 3.60. The third kappa shape index (κ3) is 2.74. The van der Waals surface area contributed by atoms with Crippen molar-refractivity contribution < 1.29 is 9.50 Å². The van der Waals surface area contributed by atoms with Crippen LogP contribution in [0.15, 0.2) is 45.0 Å². The largest absolute Gasteiger partial charge is 0.493 e. The highest BCUT2D eigenvalue weighted by molar-refractivity contribution is 9.11. The second-order valence-electron chi connectivity index (χ2n) is 4.23. The van der Waals surface area contributed by atoms with E-state index in [1.807, 2.05) is 6.07 Å². The van der Waals surface area contributed by atoms with Gasteiger partial charge in [-0.05, 0) is 45.8 Å². The lowest BCUT2D eigenvalue weighted by Gasteiger charge is -2.05. The summed E-state index contributed by atoms with van der Waals surface area (Å²) >= 11 is 4.70. The van der Waals surface area contributed by atoms with Crippen LogP contribution in [-0.2, 0) is 0 Å². The maximum absolute atomic E-state index is 13.2. The van der Waals surface area contributed by atoms with Gasteiger partial charge in [0.2, 0.25) is 5.88 Å². The van der Waals surface area contributed by atoms with Crippen LogP contribution in [0.25, 0.3) is 21.8 Å².